The second-order valence-corrected chi connectivity index (χ2v) is 8.08. The molecule has 1 fully saturated rings. The van der Waals surface area contributed by atoms with Crippen molar-refractivity contribution in [1.82, 2.24) is 4.90 Å². The number of nitrogens with one attached hydrogen (secondary N) is 1. The molecule has 0 bridgehead atoms. The topological polar surface area (TPSA) is 61.8 Å². The third kappa shape index (κ3) is 5.38. The fraction of sp³-hybridized carbons (Fsp3) is 0.150. The highest BCUT2D eigenvalue weighted by atomic mass is 35.5. The van der Waals surface area contributed by atoms with Crippen molar-refractivity contribution >= 4 is 63.3 Å². The quantitative estimate of drug-likeness (QED) is 0.607. The first-order valence-electron chi connectivity index (χ1n) is 8.55. The van der Waals surface area contributed by atoms with Crippen molar-refractivity contribution in [3.63, 3.8) is 0 Å². The predicted molar refractivity (Wildman–Crippen MR) is 116 cm³/mol. The fourth-order valence-corrected chi connectivity index (χ4v) is 4.07. The Morgan fingerprint density at radius 2 is 1.97 bits per heavy atom. The number of hydrogen-bond acceptors (Lipinski definition) is 4. The molecule has 3 rings (SSSR count). The molecule has 150 valence electrons. The molecule has 1 saturated heterocycles. The van der Waals surface area contributed by atoms with Crippen LogP contribution in [-0.2, 0) is 9.59 Å². The molecule has 0 aliphatic carbocycles. The Labute approximate surface area is 181 Å². The largest absolute Gasteiger partial charge is 0.326 e. The lowest BCUT2D eigenvalue weighted by atomic mass is 10.2. The number of amidine groups is 1. The monoisotopic (exact) mass is 451 g/mol. The first kappa shape index (κ1) is 21.4. The number of carbonyl (C=O) groups is 2. The van der Waals surface area contributed by atoms with Gasteiger partial charge in [-0.3, -0.25) is 14.5 Å². The normalized spacial score (nSPS) is 17.6. The maximum absolute atomic E-state index is 13.1. The number of aliphatic imine (C=N–C) groups is 1. The number of halogens is 3. The molecule has 0 aromatic heterocycles. The Hall–Kier alpha value is -2.35. The van der Waals surface area contributed by atoms with E-state index < -0.39 is 5.25 Å². The highest BCUT2D eigenvalue weighted by Crippen LogP contribution is 2.32. The van der Waals surface area contributed by atoms with E-state index in [9.17, 15) is 14.0 Å². The summed E-state index contributed by atoms with van der Waals surface area (Å²) in [6.45, 7) is 3.92. The van der Waals surface area contributed by atoms with Crippen LogP contribution < -0.4 is 5.32 Å². The van der Waals surface area contributed by atoms with E-state index in [1.54, 1.807) is 18.2 Å². The molecule has 9 heteroatoms. The van der Waals surface area contributed by atoms with Gasteiger partial charge in [-0.2, -0.15) is 0 Å². The van der Waals surface area contributed by atoms with Gasteiger partial charge in [0.05, 0.1) is 15.7 Å². The van der Waals surface area contributed by atoms with E-state index in [2.05, 4.69) is 16.9 Å². The molecule has 0 spiro atoms. The first-order valence-corrected chi connectivity index (χ1v) is 10.2. The number of anilines is 1. The SMILES string of the molecule is C=CCN1C(=O)C(CC(=O)Nc2ccc(Cl)c(Cl)c2)SC1=Nc1ccc(F)cc1. The molecule has 1 atom stereocenters. The zero-order valence-electron chi connectivity index (χ0n) is 15.1. The van der Waals surface area contributed by atoms with Crippen LogP contribution in [0.4, 0.5) is 15.8 Å². The van der Waals surface area contributed by atoms with E-state index in [-0.39, 0.29) is 30.6 Å². The Morgan fingerprint density at radius 1 is 1.24 bits per heavy atom. The molecule has 1 aliphatic rings. The molecule has 1 heterocycles. The van der Waals surface area contributed by atoms with Crippen molar-refractivity contribution < 1.29 is 14.0 Å². The summed E-state index contributed by atoms with van der Waals surface area (Å²) in [6, 6.07) is 10.4. The molecule has 1 aliphatic heterocycles. The minimum Gasteiger partial charge on any atom is -0.326 e. The van der Waals surface area contributed by atoms with Crippen molar-refractivity contribution in [1.29, 1.82) is 0 Å². The average Bonchev–Trinajstić information content (AvgIpc) is 2.95. The summed E-state index contributed by atoms with van der Waals surface area (Å²) in [6.07, 6.45) is 1.54. The smallest absolute Gasteiger partial charge is 0.242 e. The van der Waals surface area contributed by atoms with Crippen LogP contribution in [0, 0.1) is 5.82 Å². The summed E-state index contributed by atoms with van der Waals surface area (Å²) in [7, 11) is 0. The summed E-state index contributed by atoms with van der Waals surface area (Å²) in [4.78, 5) is 31.0. The molecule has 0 radical (unpaired) electrons. The van der Waals surface area contributed by atoms with E-state index >= 15 is 0 Å². The maximum Gasteiger partial charge on any atom is 0.242 e. The molecule has 2 amide bonds. The highest BCUT2D eigenvalue weighted by molar-refractivity contribution is 8.15. The van der Waals surface area contributed by atoms with Crippen LogP contribution in [0.25, 0.3) is 0 Å². The molecular formula is C20H16Cl2FN3O2S. The first-order chi connectivity index (χ1) is 13.9. The Balaban J connectivity index is 1.72. The van der Waals surface area contributed by atoms with E-state index in [0.29, 0.717) is 26.6 Å². The molecule has 29 heavy (non-hydrogen) atoms. The van der Waals surface area contributed by atoms with E-state index in [0.717, 1.165) is 0 Å². The highest BCUT2D eigenvalue weighted by Gasteiger charge is 2.38. The van der Waals surface area contributed by atoms with Crippen molar-refractivity contribution in [2.24, 2.45) is 4.99 Å². The zero-order valence-corrected chi connectivity index (χ0v) is 17.4. The van der Waals surface area contributed by atoms with Gasteiger partial charge < -0.3 is 5.32 Å². The second-order valence-electron chi connectivity index (χ2n) is 6.10. The van der Waals surface area contributed by atoms with Crippen molar-refractivity contribution in [3.8, 4) is 0 Å². The number of nitrogens with zero attached hydrogens (tertiary/aromatic N) is 2. The van der Waals surface area contributed by atoms with Crippen LogP contribution >= 0.6 is 35.0 Å². The van der Waals surface area contributed by atoms with Gasteiger partial charge in [0.1, 0.15) is 11.1 Å². The van der Waals surface area contributed by atoms with Gasteiger partial charge in [0.15, 0.2) is 5.17 Å². The molecule has 1 unspecified atom stereocenters. The van der Waals surface area contributed by atoms with Crippen molar-refractivity contribution in [2.45, 2.75) is 11.7 Å². The van der Waals surface area contributed by atoms with Gasteiger partial charge in [0.2, 0.25) is 11.8 Å². The van der Waals surface area contributed by atoms with Gasteiger partial charge >= 0.3 is 0 Å². The van der Waals surface area contributed by atoms with Crippen LogP contribution in [0.15, 0.2) is 60.1 Å². The van der Waals surface area contributed by atoms with Crippen molar-refractivity contribution in [2.75, 3.05) is 11.9 Å². The van der Waals surface area contributed by atoms with Gasteiger partial charge in [-0.05, 0) is 42.5 Å². The van der Waals surface area contributed by atoms with E-state index in [1.807, 2.05) is 0 Å². The van der Waals surface area contributed by atoms with Crippen LogP contribution in [0.3, 0.4) is 0 Å². The Morgan fingerprint density at radius 3 is 2.62 bits per heavy atom. The van der Waals surface area contributed by atoms with Crippen LogP contribution in [0.1, 0.15) is 6.42 Å². The lowest BCUT2D eigenvalue weighted by Gasteiger charge is -2.13. The lowest BCUT2D eigenvalue weighted by molar-refractivity contribution is -0.127. The van der Waals surface area contributed by atoms with E-state index in [1.165, 1.54) is 47.0 Å². The summed E-state index contributed by atoms with van der Waals surface area (Å²) in [5.41, 5.74) is 1.000. The van der Waals surface area contributed by atoms with Crippen LogP contribution in [-0.4, -0.2) is 33.7 Å². The molecular weight excluding hydrogens is 436 g/mol. The van der Waals surface area contributed by atoms with Crippen LogP contribution in [0.2, 0.25) is 10.0 Å². The van der Waals surface area contributed by atoms with Crippen LogP contribution in [0.5, 0.6) is 0 Å². The molecule has 0 saturated carbocycles. The molecule has 1 N–H and O–H groups in total. The van der Waals surface area contributed by atoms with E-state index in [4.69, 9.17) is 23.2 Å². The fourth-order valence-electron chi connectivity index (χ4n) is 2.60. The number of thioether (sulfide) groups is 1. The Bertz CT molecular complexity index is 982. The minimum atomic E-state index is -0.628. The predicted octanol–water partition coefficient (Wildman–Crippen LogP) is 5.28. The van der Waals surface area contributed by atoms with Gasteiger partial charge in [-0.15, -0.1) is 6.58 Å². The molecule has 5 nitrogen and oxygen atoms in total. The summed E-state index contributed by atoms with van der Waals surface area (Å²) < 4.78 is 13.1. The lowest BCUT2D eigenvalue weighted by Crippen LogP contribution is -2.33. The summed E-state index contributed by atoms with van der Waals surface area (Å²) >= 11 is 13.0. The number of amides is 2. The third-order valence-electron chi connectivity index (χ3n) is 3.96. The van der Waals surface area contributed by atoms with Gasteiger partial charge in [0.25, 0.3) is 0 Å². The summed E-state index contributed by atoms with van der Waals surface area (Å²) in [5.74, 6) is -0.945. The number of benzene rings is 2. The van der Waals surface area contributed by atoms with Gasteiger partial charge in [-0.25, -0.2) is 9.38 Å². The molecule has 2 aromatic carbocycles. The number of rotatable bonds is 6. The third-order valence-corrected chi connectivity index (χ3v) is 5.87. The van der Waals surface area contributed by atoms with Gasteiger partial charge in [0, 0.05) is 18.7 Å². The zero-order chi connectivity index (χ0) is 21.0. The standard InChI is InChI=1S/C20H16Cl2FN3O2S/c1-2-9-26-19(28)17(29-20(26)25-13-5-3-12(23)4-6-13)11-18(27)24-14-7-8-15(21)16(22)10-14/h2-8,10,17H,1,9,11H2,(H,24,27). The minimum absolute atomic E-state index is 0.0418. The van der Waals surface area contributed by atoms with Crippen molar-refractivity contribution in [3.05, 3.63) is 71.0 Å². The van der Waals surface area contributed by atoms with Gasteiger partial charge in [-0.1, -0.05) is 41.0 Å². The second kappa shape index (κ2) is 9.43. The Kier molecular flexibility index (Phi) is 6.95. The summed E-state index contributed by atoms with van der Waals surface area (Å²) in [5, 5.41) is 3.22. The number of carbonyl (C=O) groups excluding carboxylic acids is 2. The molecule has 2 aromatic rings. The number of hydrogen-bond donors (Lipinski definition) is 1. The average molecular weight is 452 g/mol. The maximum atomic E-state index is 13.1.